The van der Waals surface area contributed by atoms with Crippen molar-refractivity contribution in [3.8, 4) is 34.5 Å². The van der Waals surface area contributed by atoms with Crippen LogP contribution >= 0.6 is 0 Å². The van der Waals surface area contributed by atoms with E-state index in [1.807, 2.05) is 194 Å². The normalized spacial score (nSPS) is 11.8. The van der Waals surface area contributed by atoms with Gasteiger partial charge in [0.2, 0.25) is 5.96 Å². The SMILES string of the molecule is CC(C)(C)OC(=O)NC(=N[C@H](COCCCCCCCCOc1ccc(OCc2ccccc2)cc1)Cc1ccccc1)NC(=O)OC(C)(C)C.NC(N)=N[C@H](COCCCCCCCCOc1ccc(OCc2ccccc2)cc1)Cc1ccccc1.N[C@H](COCCCCCCCCOc1ccc(OCc2ccccc2)cc1)Cc1ccccc1. The molecule has 0 unspecified atom stereocenters. The first-order valence-electron chi connectivity index (χ1n) is 43.8. The molecule has 8 N–H and O–H groups in total. The minimum absolute atomic E-state index is 0.0505. The molecule has 9 aromatic rings. The number of guanidine groups is 2. The summed E-state index contributed by atoms with van der Waals surface area (Å²) in [5.41, 5.74) is 22.9. The van der Waals surface area contributed by atoms with Crippen molar-refractivity contribution in [3.63, 3.8) is 0 Å². The highest BCUT2D eigenvalue weighted by molar-refractivity contribution is 6.01. The van der Waals surface area contributed by atoms with Crippen molar-refractivity contribution in [2.45, 2.75) is 226 Å². The molecule has 0 fully saturated rings. The minimum atomic E-state index is -0.734. The molecule has 0 spiro atoms. The van der Waals surface area contributed by atoms with Crippen LogP contribution in [-0.2, 0) is 62.8 Å². The van der Waals surface area contributed by atoms with E-state index in [9.17, 15) is 9.59 Å². The van der Waals surface area contributed by atoms with Crippen molar-refractivity contribution in [3.05, 3.63) is 288 Å². The third-order valence-electron chi connectivity index (χ3n) is 18.9. The number of nitrogens with two attached hydrogens (primary N) is 3. The number of ether oxygens (including phenoxy) is 11. The van der Waals surface area contributed by atoms with E-state index in [1.165, 1.54) is 61.6 Å². The Hall–Kier alpha value is -10.9. The smallest absolute Gasteiger partial charge is 0.414 e. The van der Waals surface area contributed by atoms with Gasteiger partial charge in [0.05, 0.1) is 51.7 Å². The number of alkyl carbamates (subject to hydrolysis) is 2. The van der Waals surface area contributed by atoms with Crippen molar-refractivity contribution >= 4 is 24.1 Å². The summed E-state index contributed by atoms with van der Waals surface area (Å²) in [6, 6.07) is 84.1. The Bertz CT molecular complexity index is 4160. The highest BCUT2D eigenvalue weighted by atomic mass is 16.6. The van der Waals surface area contributed by atoms with Gasteiger partial charge in [0.1, 0.15) is 65.5 Å². The molecule has 9 aromatic carbocycles. The summed E-state index contributed by atoms with van der Waals surface area (Å²) < 4.78 is 63.6. The summed E-state index contributed by atoms with van der Waals surface area (Å²) in [5, 5.41) is 5.15. The van der Waals surface area contributed by atoms with Gasteiger partial charge in [0.15, 0.2) is 5.96 Å². The molecule has 658 valence electrons. The molecule has 0 heterocycles. The molecule has 2 amide bonds. The van der Waals surface area contributed by atoms with E-state index in [1.54, 1.807) is 41.5 Å². The molecule has 0 saturated heterocycles. The van der Waals surface area contributed by atoms with Gasteiger partial charge in [0.25, 0.3) is 0 Å². The van der Waals surface area contributed by atoms with Crippen LogP contribution in [0.5, 0.6) is 34.5 Å². The molecule has 122 heavy (non-hydrogen) atoms. The van der Waals surface area contributed by atoms with Gasteiger partial charge in [0, 0.05) is 25.9 Å². The van der Waals surface area contributed by atoms with E-state index >= 15 is 0 Å². The lowest BCUT2D eigenvalue weighted by Crippen LogP contribution is -2.48. The first-order valence-corrected chi connectivity index (χ1v) is 43.8. The molecule has 0 aliphatic rings. The highest BCUT2D eigenvalue weighted by Crippen LogP contribution is 2.24. The van der Waals surface area contributed by atoms with Gasteiger partial charge in [-0.15, -0.1) is 0 Å². The van der Waals surface area contributed by atoms with Crippen molar-refractivity contribution in [2.24, 2.45) is 27.2 Å². The van der Waals surface area contributed by atoms with E-state index in [0.29, 0.717) is 59.3 Å². The maximum absolute atomic E-state index is 12.6. The van der Waals surface area contributed by atoms with Crippen molar-refractivity contribution in [1.29, 1.82) is 0 Å². The van der Waals surface area contributed by atoms with Crippen LogP contribution in [-0.4, -0.2) is 113 Å². The number of hydrogen-bond donors (Lipinski definition) is 5. The van der Waals surface area contributed by atoms with E-state index in [-0.39, 0.29) is 30.0 Å². The fourth-order valence-corrected chi connectivity index (χ4v) is 12.7. The first-order chi connectivity index (χ1) is 59.3. The predicted octanol–water partition coefficient (Wildman–Crippen LogP) is 21.5. The summed E-state index contributed by atoms with van der Waals surface area (Å²) in [5.74, 6) is 5.22. The molecular formula is C102H137N7O13. The summed E-state index contributed by atoms with van der Waals surface area (Å²) >= 11 is 0. The zero-order valence-electron chi connectivity index (χ0n) is 73.2. The van der Waals surface area contributed by atoms with Crippen molar-refractivity contribution in [1.82, 2.24) is 10.6 Å². The van der Waals surface area contributed by atoms with Crippen molar-refractivity contribution < 1.29 is 61.7 Å². The topological polar surface area (TPSA) is 263 Å². The first kappa shape index (κ1) is 98.2. The maximum Gasteiger partial charge on any atom is 0.414 e. The van der Waals surface area contributed by atoms with Crippen LogP contribution in [0.15, 0.2) is 265 Å². The number of nitrogens with one attached hydrogen (secondary N) is 2. The number of nitrogens with zero attached hydrogens (tertiary/aromatic N) is 2. The van der Waals surface area contributed by atoms with E-state index in [0.717, 1.165) is 161 Å². The van der Waals surface area contributed by atoms with E-state index in [2.05, 4.69) is 81.3 Å². The number of hydrogen-bond acceptors (Lipinski definition) is 16. The molecule has 0 bridgehead atoms. The number of carbonyl (C=O) groups is 2. The molecule has 0 radical (unpaired) electrons. The molecule has 0 aliphatic heterocycles. The molecule has 0 saturated carbocycles. The Morgan fingerprint density at radius 3 is 0.811 bits per heavy atom. The Labute approximate surface area is 727 Å². The second kappa shape index (κ2) is 59.7. The van der Waals surface area contributed by atoms with Gasteiger partial charge < -0.3 is 69.3 Å². The van der Waals surface area contributed by atoms with Gasteiger partial charge in [-0.05, 0) is 206 Å². The van der Waals surface area contributed by atoms with Crippen LogP contribution in [0.4, 0.5) is 9.59 Å². The molecule has 20 heteroatoms. The number of benzene rings is 9. The average Bonchev–Trinajstić information content (AvgIpc) is 0.880. The quantitative estimate of drug-likeness (QED) is 0.0135. The van der Waals surface area contributed by atoms with Gasteiger partial charge in [-0.25, -0.2) is 19.6 Å². The van der Waals surface area contributed by atoms with Gasteiger partial charge >= 0.3 is 12.2 Å². The Morgan fingerprint density at radius 1 is 0.295 bits per heavy atom. The van der Waals surface area contributed by atoms with Crippen LogP contribution in [0.2, 0.25) is 0 Å². The predicted molar refractivity (Wildman–Crippen MR) is 492 cm³/mol. The van der Waals surface area contributed by atoms with Gasteiger partial charge in [-0.1, -0.05) is 259 Å². The zero-order chi connectivity index (χ0) is 86.6. The number of unbranched alkanes of at least 4 members (excludes halogenated alkanes) is 15. The summed E-state index contributed by atoms with van der Waals surface area (Å²) in [4.78, 5) is 34.2. The fraction of sp³-hybridized carbons (Fsp3) is 0.431. The lowest BCUT2D eigenvalue weighted by molar-refractivity contribution is 0.0543. The standard InChI is InChI=1S/C41H57N3O7.C31H41N3O3.C30H39NO3/c1-40(2,3)50-38(45)43-37(44-39(46)51-41(4,5)6)42-34(29-32-19-13-11-14-20-32)31-47-27-17-9-7-8-10-18-28-48-35-23-25-36(26-24-35)49-30-33-21-15-12-16-22-33;32-31(33)34-28(23-26-13-7-5-8-14-26)25-35-21-11-3-1-2-4-12-22-36-29-17-19-30(20-18-29)37-24-27-15-9-6-10-16-27;31-28(23-26-13-7-5-8-14-26)25-32-21-11-3-1-2-4-12-22-33-29-17-19-30(20-18-29)34-24-27-15-9-6-10-16-27/h11-16,19-26,34H,7-10,17-18,27-31H2,1-6H3,(H2,42,43,44,45,46);5-10,13-20,28H,1-4,11-12,21-25H2,(H4,32,33,34);5-10,13-20,28H,1-4,11-12,21-25,31H2/t34-;2*28-/m000/s1. The van der Waals surface area contributed by atoms with E-state index < -0.39 is 23.4 Å². The second-order valence-electron chi connectivity index (χ2n) is 32.3. The highest BCUT2D eigenvalue weighted by Gasteiger charge is 2.23. The average molecular weight is 1670 g/mol. The second-order valence-corrected chi connectivity index (χ2v) is 32.3. The van der Waals surface area contributed by atoms with Crippen molar-refractivity contribution in [2.75, 3.05) is 59.5 Å². The van der Waals surface area contributed by atoms with Gasteiger partial charge in [-0.2, -0.15) is 0 Å². The van der Waals surface area contributed by atoms with Crippen LogP contribution < -0.4 is 56.3 Å². The number of rotatable bonds is 53. The van der Waals surface area contributed by atoms with Crippen LogP contribution in [0.3, 0.4) is 0 Å². The molecule has 3 atom stereocenters. The summed E-state index contributed by atoms with van der Waals surface area (Å²) in [7, 11) is 0. The molecule has 0 aromatic heterocycles. The Balaban J connectivity index is 0.000000258. The monoisotopic (exact) mass is 1670 g/mol. The third kappa shape index (κ3) is 48.5. The number of amides is 2. The lowest BCUT2D eigenvalue weighted by atomic mass is 10.1. The third-order valence-corrected chi connectivity index (χ3v) is 18.9. The summed E-state index contributed by atoms with van der Waals surface area (Å²) in [6.45, 7) is 18.0. The summed E-state index contributed by atoms with van der Waals surface area (Å²) in [6.07, 6.45) is 21.0. The van der Waals surface area contributed by atoms with Crippen LogP contribution in [0.25, 0.3) is 0 Å². The van der Waals surface area contributed by atoms with Crippen LogP contribution in [0.1, 0.15) is 190 Å². The Morgan fingerprint density at radius 2 is 0.533 bits per heavy atom. The largest absolute Gasteiger partial charge is 0.494 e. The Kier molecular flexibility index (Phi) is 48.1. The molecule has 0 aliphatic carbocycles. The minimum Gasteiger partial charge on any atom is -0.494 e. The number of carbonyl (C=O) groups excluding carboxylic acids is 2. The van der Waals surface area contributed by atoms with E-state index in [4.69, 9.17) is 69.3 Å². The molecule has 9 rings (SSSR count). The zero-order valence-corrected chi connectivity index (χ0v) is 73.2. The van der Waals surface area contributed by atoms with Gasteiger partial charge in [-0.3, -0.25) is 10.6 Å². The fourth-order valence-electron chi connectivity index (χ4n) is 12.7. The molecule has 20 nitrogen and oxygen atoms in total. The maximum atomic E-state index is 12.6. The molecular weight excluding hydrogens is 1530 g/mol. The number of aliphatic imine (C=N–C) groups is 2. The lowest BCUT2D eigenvalue weighted by Gasteiger charge is -2.23. The van der Waals surface area contributed by atoms with Crippen LogP contribution in [0, 0.1) is 0 Å².